The second-order valence-electron chi connectivity index (χ2n) is 6.79. The normalized spacial score (nSPS) is 11.1. The van der Waals surface area contributed by atoms with Crippen LogP contribution in [0.15, 0.2) is 61.1 Å². The number of thiazole rings is 1. The topological polar surface area (TPSA) is 92.3 Å². The van der Waals surface area contributed by atoms with Gasteiger partial charge in [-0.25, -0.2) is 9.97 Å². The summed E-state index contributed by atoms with van der Waals surface area (Å²) in [5.41, 5.74) is 3.50. The van der Waals surface area contributed by atoms with Crippen LogP contribution in [0.3, 0.4) is 0 Å². The average molecular weight is 465 g/mol. The molecule has 0 aliphatic carbocycles. The van der Waals surface area contributed by atoms with Crippen LogP contribution in [0.4, 0.5) is 5.00 Å². The smallest absolute Gasteiger partial charge is 0.324 e. The summed E-state index contributed by atoms with van der Waals surface area (Å²) in [5.74, 6) is 1.43. The Morgan fingerprint density at radius 2 is 1.84 bits per heavy atom. The number of ether oxygens (including phenoxy) is 2. The summed E-state index contributed by atoms with van der Waals surface area (Å²) < 4.78 is 13.7. The van der Waals surface area contributed by atoms with E-state index in [-0.39, 0.29) is 9.92 Å². The number of benzene rings is 2. The molecule has 0 bridgehead atoms. The van der Waals surface area contributed by atoms with Gasteiger partial charge in [0, 0.05) is 29.4 Å². The van der Waals surface area contributed by atoms with Crippen molar-refractivity contribution in [3.8, 4) is 38.3 Å². The maximum Gasteiger partial charge on any atom is 0.324 e. The number of methoxy groups -OCH3 is 2. The van der Waals surface area contributed by atoms with Crippen molar-refractivity contribution in [2.75, 3.05) is 14.2 Å². The monoisotopic (exact) mass is 464 g/mol. The quantitative estimate of drug-likeness (QED) is 0.233. The Labute approximate surface area is 190 Å². The van der Waals surface area contributed by atoms with Crippen LogP contribution in [0.5, 0.6) is 11.5 Å². The highest BCUT2D eigenvalue weighted by Crippen LogP contribution is 2.39. The maximum absolute atomic E-state index is 11.0. The number of imidazole rings is 1. The first-order valence-corrected chi connectivity index (χ1v) is 11.1. The lowest BCUT2D eigenvalue weighted by Gasteiger charge is -2.07. The zero-order valence-electron chi connectivity index (χ0n) is 17.0. The molecule has 5 aromatic rings. The highest BCUT2D eigenvalue weighted by molar-refractivity contribution is 7.22. The van der Waals surface area contributed by atoms with Crippen molar-refractivity contribution >= 4 is 37.9 Å². The van der Waals surface area contributed by atoms with E-state index >= 15 is 0 Å². The van der Waals surface area contributed by atoms with Crippen LogP contribution in [0.1, 0.15) is 0 Å². The van der Waals surface area contributed by atoms with Crippen LogP contribution in [-0.4, -0.2) is 33.7 Å². The minimum Gasteiger partial charge on any atom is -0.497 e. The van der Waals surface area contributed by atoms with Crippen molar-refractivity contribution in [3.05, 3.63) is 71.2 Å². The molecule has 8 nitrogen and oxygen atoms in total. The van der Waals surface area contributed by atoms with Crippen molar-refractivity contribution in [1.82, 2.24) is 14.5 Å². The Hall–Kier alpha value is -3.76. The van der Waals surface area contributed by atoms with Crippen molar-refractivity contribution in [3.63, 3.8) is 0 Å². The summed E-state index contributed by atoms with van der Waals surface area (Å²) in [6, 6.07) is 14.9. The molecule has 0 atom stereocenters. The number of rotatable bonds is 6. The SMILES string of the molecule is COc1cc(OC)c2sc(-c3ccc(-n4cncc4-c4ccc([N+](=O)[O-])s4)cc3)nc2c1. The highest BCUT2D eigenvalue weighted by Gasteiger charge is 2.16. The molecule has 3 heterocycles. The molecule has 0 radical (unpaired) electrons. The largest absolute Gasteiger partial charge is 0.497 e. The molecule has 0 saturated heterocycles. The zero-order chi connectivity index (χ0) is 22.2. The van der Waals surface area contributed by atoms with E-state index in [0.717, 1.165) is 54.1 Å². The molecular weight excluding hydrogens is 448 g/mol. The standard InChI is InChI=1S/C22H16N4O4S2/c1-29-15-9-16-21(18(10-15)30-2)32-22(24-16)13-3-5-14(6-4-13)25-12-23-11-17(25)19-7-8-20(31-19)26(27)28/h3-12H,1-2H3. The molecule has 0 N–H and O–H groups in total. The van der Waals surface area contributed by atoms with E-state index in [1.165, 1.54) is 6.07 Å². The Morgan fingerprint density at radius 3 is 2.53 bits per heavy atom. The van der Waals surface area contributed by atoms with E-state index in [9.17, 15) is 10.1 Å². The van der Waals surface area contributed by atoms with E-state index in [1.54, 1.807) is 44.1 Å². The minimum atomic E-state index is -0.383. The molecule has 0 aliphatic heterocycles. The number of aromatic nitrogens is 3. The number of fused-ring (bicyclic) bond motifs is 1. The molecule has 3 aromatic heterocycles. The molecule has 2 aromatic carbocycles. The fourth-order valence-electron chi connectivity index (χ4n) is 3.38. The van der Waals surface area contributed by atoms with Crippen LogP contribution in [-0.2, 0) is 0 Å². The summed E-state index contributed by atoms with van der Waals surface area (Å²) in [6.45, 7) is 0. The predicted molar refractivity (Wildman–Crippen MR) is 125 cm³/mol. The van der Waals surface area contributed by atoms with Gasteiger partial charge in [0.25, 0.3) is 0 Å². The van der Waals surface area contributed by atoms with Gasteiger partial charge in [-0.15, -0.1) is 11.3 Å². The molecule has 0 fully saturated rings. The molecule has 0 spiro atoms. The third-order valence-electron chi connectivity index (χ3n) is 4.94. The number of hydrogen-bond donors (Lipinski definition) is 0. The number of nitrogens with zero attached hydrogens (tertiary/aromatic N) is 4. The van der Waals surface area contributed by atoms with Gasteiger partial charge in [0.1, 0.15) is 16.5 Å². The van der Waals surface area contributed by atoms with Gasteiger partial charge in [0.2, 0.25) is 0 Å². The van der Waals surface area contributed by atoms with Gasteiger partial charge in [-0.05, 0) is 30.3 Å². The summed E-state index contributed by atoms with van der Waals surface area (Å²) in [5, 5.41) is 12.0. The fraction of sp³-hybridized carbons (Fsp3) is 0.0909. The zero-order valence-corrected chi connectivity index (χ0v) is 18.6. The van der Waals surface area contributed by atoms with E-state index in [0.29, 0.717) is 5.75 Å². The first-order chi connectivity index (χ1) is 15.6. The summed E-state index contributed by atoms with van der Waals surface area (Å²) >= 11 is 2.68. The van der Waals surface area contributed by atoms with Crippen LogP contribution >= 0.6 is 22.7 Å². The molecule has 160 valence electrons. The van der Waals surface area contributed by atoms with Gasteiger partial charge < -0.3 is 9.47 Å². The number of nitro groups is 1. The van der Waals surface area contributed by atoms with Gasteiger partial charge in [-0.3, -0.25) is 14.7 Å². The highest BCUT2D eigenvalue weighted by atomic mass is 32.1. The van der Waals surface area contributed by atoms with Crippen LogP contribution in [0.2, 0.25) is 0 Å². The summed E-state index contributed by atoms with van der Waals surface area (Å²) in [4.78, 5) is 20.4. The Balaban J connectivity index is 1.49. The van der Waals surface area contributed by atoms with Crippen molar-refractivity contribution < 1.29 is 14.4 Å². The van der Waals surface area contributed by atoms with E-state index < -0.39 is 0 Å². The third-order valence-corrected chi connectivity index (χ3v) is 7.13. The van der Waals surface area contributed by atoms with Gasteiger partial charge in [0.15, 0.2) is 0 Å². The molecule has 0 saturated carbocycles. The van der Waals surface area contributed by atoms with E-state index in [2.05, 4.69) is 4.98 Å². The minimum absolute atomic E-state index is 0.103. The Morgan fingerprint density at radius 1 is 1.03 bits per heavy atom. The first kappa shape index (κ1) is 20.2. The molecule has 5 rings (SSSR count). The molecule has 32 heavy (non-hydrogen) atoms. The third kappa shape index (κ3) is 3.49. The lowest BCUT2D eigenvalue weighted by atomic mass is 10.2. The van der Waals surface area contributed by atoms with E-state index in [1.807, 2.05) is 41.0 Å². The second-order valence-corrected chi connectivity index (χ2v) is 8.85. The molecule has 10 heteroatoms. The molecule has 0 amide bonds. The van der Waals surface area contributed by atoms with E-state index in [4.69, 9.17) is 14.5 Å². The summed E-state index contributed by atoms with van der Waals surface area (Å²) in [7, 11) is 3.25. The van der Waals surface area contributed by atoms with Gasteiger partial charge in [0.05, 0.1) is 52.5 Å². The van der Waals surface area contributed by atoms with Crippen molar-refractivity contribution in [2.24, 2.45) is 0 Å². The van der Waals surface area contributed by atoms with Crippen LogP contribution in [0.25, 0.3) is 37.0 Å². The molecule has 0 aliphatic rings. The Bertz CT molecular complexity index is 1440. The lowest BCUT2D eigenvalue weighted by molar-refractivity contribution is -0.380. The molecule has 0 unspecified atom stereocenters. The number of hydrogen-bond acceptors (Lipinski definition) is 8. The first-order valence-electron chi connectivity index (χ1n) is 9.47. The van der Waals surface area contributed by atoms with Gasteiger partial charge >= 0.3 is 5.00 Å². The van der Waals surface area contributed by atoms with Crippen molar-refractivity contribution in [2.45, 2.75) is 0 Å². The molecular formula is C22H16N4O4S2. The Kier molecular flexibility index (Phi) is 5.08. The van der Waals surface area contributed by atoms with Gasteiger partial charge in [-0.2, -0.15) is 0 Å². The second kappa shape index (κ2) is 8.06. The van der Waals surface area contributed by atoms with Crippen LogP contribution in [0, 0.1) is 10.1 Å². The summed E-state index contributed by atoms with van der Waals surface area (Å²) in [6.07, 6.45) is 3.40. The van der Waals surface area contributed by atoms with Gasteiger partial charge in [-0.1, -0.05) is 11.3 Å². The van der Waals surface area contributed by atoms with Crippen LogP contribution < -0.4 is 9.47 Å². The number of thiophene rings is 1. The average Bonchev–Trinajstić information content (AvgIpc) is 3.57. The van der Waals surface area contributed by atoms with Crippen molar-refractivity contribution in [1.29, 1.82) is 0 Å². The lowest BCUT2D eigenvalue weighted by Crippen LogP contribution is -1.94. The fourth-order valence-corrected chi connectivity index (χ4v) is 5.25. The maximum atomic E-state index is 11.0. The predicted octanol–water partition coefficient (Wildman–Crippen LogP) is 5.80.